The number of carbonyl (C=O) groups is 1. The number of amides is 1. The standard InChI is InChI=1S/C19H20FN5O/c20-17-3-5-25(6-4-17)12-19(26)24-18-8-15-7-13(16-10-22-23-11-16)1-2-14(15)9-21-18/h1-2,7-11,17H,3-6,12H2,(H,22,23)(H,21,24,26). The molecule has 2 aromatic heterocycles. The van der Waals surface area contributed by atoms with Gasteiger partial charge in [0.1, 0.15) is 12.0 Å². The second-order valence-electron chi connectivity index (χ2n) is 6.62. The second-order valence-corrected chi connectivity index (χ2v) is 6.62. The lowest BCUT2D eigenvalue weighted by molar-refractivity contribution is -0.117. The fourth-order valence-corrected chi connectivity index (χ4v) is 3.24. The highest BCUT2D eigenvalue weighted by Gasteiger charge is 2.20. The molecule has 0 radical (unpaired) electrons. The molecule has 26 heavy (non-hydrogen) atoms. The quantitative estimate of drug-likeness (QED) is 0.756. The summed E-state index contributed by atoms with van der Waals surface area (Å²) in [5, 5.41) is 11.6. The monoisotopic (exact) mass is 353 g/mol. The number of hydrogen-bond donors (Lipinski definition) is 2. The number of nitrogens with one attached hydrogen (secondary N) is 2. The van der Waals surface area contributed by atoms with Crippen LogP contribution in [0.4, 0.5) is 10.2 Å². The van der Waals surface area contributed by atoms with Crippen molar-refractivity contribution in [3.05, 3.63) is 42.9 Å². The summed E-state index contributed by atoms with van der Waals surface area (Å²) in [4.78, 5) is 18.5. The fourth-order valence-electron chi connectivity index (χ4n) is 3.24. The van der Waals surface area contributed by atoms with Crippen LogP contribution in [0.5, 0.6) is 0 Å². The van der Waals surface area contributed by atoms with E-state index in [9.17, 15) is 9.18 Å². The largest absolute Gasteiger partial charge is 0.310 e. The lowest BCUT2D eigenvalue weighted by Gasteiger charge is -2.27. The molecular weight excluding hydrogens is 333 g/mol. The molecule has 1 fully saturated rings. The van der Waals surface area contributed by atoms with Gasteiger partial charge in [0.25, 0.3) is 0 Å². The molecule has 0 unspecified atom stereocenters. The number of anilines is 1. The van der Waals surface area contributed by atoms with Crippen molar-refractivity contribution in [1.82, 2.24) is 20.1 Å². The van der Waals surface area contributed by atoms with E-state index in [-0.39, 0.29) is 12.5 Å². The average Bonchev–Trinajstić information content (AvgIpc) is 3.18. The first-order chi connectivity index (χ1) is 12.7. The molecule has 0 saturated carbocycles. The number of rotatable bonds is 4. The van der Waals surface area contributed by atoms with Crippen molar-refractivity contribution in [2.24, 2.45) is 0 Å². The highest BCUT2D eigenvalue weighted by Crippen LogP contribution is 2.24. The number of alkyl halides is 1. The minimum atomic E-state index is -0.735. The highest BCUT2D eigenvalue weighted by molar-refractivity contribution is 5.94. The van der Waals surface area contributed by atoms with Crippen LogP contribution in [-0.2, 0) is 4.79 Å². The number of carbonyl (C=O) groups excluding carboxylic acids is 1. The van der Waals surface area contributed by atoms with Crippen molar-refractivity contribution in [2.75, 3.05) is 25.0 Å². The van der Waals surface area contributed by atoms with Crippen LogP contribution in [0.1, 0.15) is 12.8 Å². The van der Waals surface area contributed by atoms with Crippen LogP contribution in [0.15, 0.2) is 42.9 Å². The average molecular weight is 353 g/mol. The van der Waals surface area contributed by atoms with Crippen molar-refractivity contribution in [1.29, 1.82) is 0 Å². The van der Waals surface area contributed by atoms with Crippen LogP contribution in [0, 0.1) is 0 Å². The highest BCUT2D eigenvalue weighted by atomic mass is 19.1. The Morgan fingerprint density at radius 2 is 2.04 bits per heavy atom. The van der Waals surface area contributed by atoms with Crippen LogP contribution >= 0.6 is 0 Å². The van der Waals surface area contributed by atoms with E-state index in [2.05, 4.69) is 20.5 Å². The van der Waals surface area contributed by atoms with Crippen molar-refractivity contribution in [3.63, 3.8) is 0 Å². The number of piperidine rings is 1. The van der Waals surface area contributed by atoms with Gasteiger partial charge in [-0.2, -0.15) is 5.10 Å². The summed E-state index contributed by atoms with van der Waals surface area (Å²) in [6.45, 7) is 1.50. The summed E-state index contributed by atoms with van der Waals surface area (Å²) < 4.78 is 13.2. The van der Waals surface area contributed by atoms with E-state index in [4.69, 9.17) is 0 Å². The zero-order valence-electron chi connectivity index (χ0n) is 14.3. The van der Waals surface area contributed by atoms with Gasteiger partial charge in [0, 0.05) is 36.4 Å². The number of benzene rings is 1. The van der Waals surface area contributed by atoms with Crippen LogP contribution < -0.4 is 5.32 Å². The summed E-state index contributed by atoms with van der Waals surface area (Å²) in [7, 11) is 0. The van der Waals surface area contributed by atoms with Gasteiger partial charge in [-0.1, -0.05) is 12.1 Å². The molecule has 1 aromatic carbocycles. The Labute approximate surface area is 150 Å². The van der Waals surface area contributed by atoms with Gasteiger partial charge in [0.15, 0.2) is 0 Å². The van der Waals surface area contributed by atoms with E-state index in [1.165, 1.54) is 0 Å². The van der Waals surface area contributed by atoms with E-state index in [1.807, 2.05) is 35.4 Å². The van der Waals surface area contributed by atoms with Gasteiger partial charge in [0.05, 0.1) is 12.7 Å². The Balaban J connectivity index is 1.47. The Bertz CT molecular complexity index is 903. The summed E-state index contributed by atoms with van der Waals surface area (Å²) in [6.07, 6.45) is 5.62. The zero-order valence-corrected chi connectivity index (χ0v) is 14.3. The predicted octanol–water partition coefficient (Wildman–Crippen LogP) is 3.00. The van der Waals surface area contributed by atoms with Crippen molar-refractivity contribution < 1.29 is 9.18 Å². The third-order valence-corrected chi connectivity index (χ3v) is 4.71. The number of hydrogen-bond acceptors (Lipinski definition) is 4. The van der Waals surface area contributed by atoms with Gasteiger partial charge in [-0.05, 0) is 35.9 Å². The molecule has 0 spiro atoms. The normalized spacial score (nSPS) is 16.0. The third-order valence-electron chi connectivity index (χ3n) is 4.71. The Morgan fingerprint density at radius 1 is 1.19 bits per heavy atom. The topological polar surface area (TPSA) is 73.9 Å². The summed E-state index contributed by atoms with van der Waals surface area (Å²) in [5.74, 6) is 0.396. The number of halogens is 1. The molecule has 0 aliphatic carbocycles. The number of pyridine rings is 1. The maximum Gasteiger partial charge on any atom is 0.239 e. The number of H-pyrrole nitrogens is 1. The maximum absolute atomic E-state index is 13.2. The van der Waals surface area contributed by atoms with Crippen LogP contribution in [0.3, 0.4) is 0 Å². The van der Waals surface area contributed by atoms with Crippen molar-refractivity contribution >= 4 is 22.5 Å². The predicted molar refractivity (Wildman–Crippen MR) is 98.5 cm³/mol. The third kappa shape index (κ3) is 3.72. The molecule has 1 aliphatic heterocycles. The number of fused-ring (bicyclic) bond motifs is 1. The first-order valence-electron chi connectivity index (χ1n) is 8.72. The summed E-state index contributed by atoms with van der Waals surface area (Å²) in [5.41, 5.74) is 2.05. The molecule has 1 amide bonds. The minimum Gasteiger partial charge on any atom is -0.310 e. The molecule has 3 aromatic rings. The van der Waals surface area contributed by atoms with Crippen LogP contribution in [-0.4, -0.2) is 51.8 Å². The number of likely N-dealkylation sites (tertiary alicyclic amines) is 1. The van der Waals surface area contributed by atoms with Crippen LogP contribution in [0.25, 0.3) is 21.9 Å². The molecule has 2 N–H and O–H groups in total. The van der Waals surface area contributed by atoms with Gasteiger partial charge < -0.3 is 5.32 Å². The number of aromatic amines is 1. The first kappa shape index (κ1) is 16.7. The smallest absolute Gasteiger partial charge is 0.239 e. The number of aromatic nitrogens is 3. The summed E-state index contributed by atoms with van der Waals surface area (Å²) >= 11 is 0. The first-order valence-corrected chi connectivity index (χ1v) is 8.72. The molecule has 134 valence electrons. The Hall–Kier alpha value is -2.80. The lowest BCUT2D eigenvalue weighted by Crippen LogP contribution is -2.39. The van der Waals surface area contributed by atoms with E-state index >= 15 is 0 Å². The van der Waals surface area contributed by atoms with Crippen molar-refractivity contribution in [3.8, 4) is 11.1 Å². The molecule has 6 nitrogen and oxygen atoms in total. The molecule has 1 saturated heterocycles. The van der Waals surface area contributed by atoms with Gasteiger partial charge in [-0.15, -0.1) is 0 Å². The molecule has 0 atom stereocenters. The fraction of sp³-hybridized carbons (Fsp3) is 0.316. The Morgan fingerprint density at radius 3 is 2.81 bits per heavy atom. The lowest BCUT2D eigenvalue weighted by atomic mass is 10.1. The van der Waals surface area contributed by atoms with E-state index < -0.39 is 6.17 Å². The molecule has 0 bridgehead atoms. The molecule has 7 heteroatoms. The molecule has 3 heterocycles. The Kier molecular flexibility index (Phi) is 4.62. The SMILES string of the molecule is O=C(CN1CCC(F)CC1)Nc1cc2cc(-c3cn[nH]c3)ccc2cn1. The van der Waals surface area contributed by atoms with Gasteiger partial charge in [-0.25, -0.2) is 9.37 Å². The maximum atomic E-state index is 13.2. The molecule has 1 aliphatic rings. The minimum absolute atomic E-state index is 0.125. The van der Waals surface area contributed by atoms with Gasteiger partial charge in [-0.3, -0.25) is 14.8 Å². The molecule has 4 rings (SSSR count). The van der Waals surface area contributed by atoms with E-state index in [1.54, 1.807) is 12.4 Å². The van der Waals surface area contributed by atoms with Gasteiger partial charge >= 0.3 is 0 Å². The van der Waals surface area contributed by atoms with E-state index in [0.29, 0.717) is 31.7 Å². The summed E-state index contributed by atoms with van der Waals surface area (Å²) in [6, 6.07) is 7.92. The van der Waals surface area contributed by atoms with Crippen LogP contribution in [0.2, 0.25) is 0 Å². The van der Waals surface area contributed by atoms with Gasteiger partial charge in [0.2, 0.25) is 5.91 Å². The van der Waals surface area contributed by atoms with Crippen molar-refractivity contribution in [2.45, 2.75) is 19.0 Å². The molecular formula is C19H20FN5O. The number of nitrogens with zero attached hydrogens (tertiary/aromatic N) is 3. The second kappa shape index (κ2) is 7.21. The van der Waals surface area contributed by atoms with E-state index in [0.717, 1.165) is 21.9 Å². The zero-order chi connectivity index (χ0) is 17.9.